The van der Waals surface area contributed by atoms with Gasteiger partial charge in [-0.25, -0.2) is 9.18 Å². The van der Waals surface area contributed by atoms with Crippen LogP contribution in [0.4, 0.5) is 10.1 Å². The van der Waals surface area contributed by atoms with E-state index in [9.17, 15) is 9.18 Å². The predicted molar refractivity (Wildman–Crippen MR) is 79.9 cm³/mol. The van der Waals surface area contributed by atoms with E-state index in [1.807, 2.05) is 11.8 Å². The molecule has 1 aliphatic heterocycles. The first-order valence-corrected chi connectivity index (χ1v) is 7.18. The number of carboxylic acid groups (broad SMARTS) is 1. The van der Waals surface area contributed by atoms with Crippen LogP contribution >= 0.6 is 0 Å². The van der Waals surface area contributed by atoms with E-state index in [-0.39, 0.29) is 11.9 Å². The highest BCUT2D eigenvalue weighted by Gasteiger charge is 2.23. The number of carboxylic acids is 1. The number of para-hydroxylation sites is 1. The first kappa shape index (κ1) is 15.5. The number of carbonyl (C=O) groups is 1. The van der Waals surface area contributed by atoms with Crippen molar-refractivity contribution in [2.45, 2.75) is 25.9 Å². The van der Waals surface area contributed by atoms with E-state index in [0.717, 1.165) is 25.5 Å². The molecular formula is C16H20FNO3. The van der Waals surface area contributed by atoms with Crippen molar-refractivity contribution < 1.29 is 19.0 Å². The molecule has 0 aromatic heterocycles. The molecular weight excluding hydrogens is 273 g/mol. The fraction of sp³-hybridized carbons (Fsp3) is 0.438. The van der Waals surface area contributed by atoms with Gasteiger partial charge in [0.25, 0.3) is 0 Å². The van der Waals surface area contributed by atoms with Crippen LogP contribution in [-0.2, 0) is 9.53 Å². The molecule has 1 unspecified atom stereocenters. The summed E-state index contributed by atoms with van der Waals surface area (Å²) in [6.45, 7) is 3.96. The standard InChI is InChI=1S/C16H20FNO3/c1-2-21-13-6-4-10-18(11-13)16-12(8-9-15(19)20)5-3-7-14(16)17/h3,5,7-9,13H,2,4,6,10-11H2,1H3,(H,19,20)/b9-8+. The lowest BCUT2D eigenvalue weighted by Crippen LogP contribution is -2.40. The molecule has 0 spiro atoms. The van der Waals surface area contributed by atoms with Gasteiger partial charge in [0.05, 0.1) is 11.8 Å². The molecule has 0 aliphatic carbocycles. The van der Waals surface area contributed by atoms with Crippen LogP contribution in [0.5, 0.6) is 0 Å². The molecule has 0 bridgehead atoms. The second-order valence-electron chi connectivity index (χ2n) is 5.01. The van der Waals surface area contributed by atoms with E-state index in [4.69, 9.17) is 9.84 Å². The monoisotopic (exact) mass is 293 g/mol. The van der Waals surface area contributed by atoms with Crippen LogP contribution in [0.25, 0.3) is 6.08 Å². The first-order valence-electron chi connectivity index (χ1n) is 7.18. The molecule has 114 valence electrons. The Morgan fingerprint density at radius 3 is 3.10 bits per heavy atom. The lowest BCUT2D eigenvalue weighted by molar-refractivity contribution is -0.131. The van der Waals surface area contributed by atoms with Gasteiger partial charge in [-0.3, -0.25) is 0 Å². The highest BCUT2D eigenvalue weighted by atomic mass is 19.1. The normalized spacial score (nSPS) is 19.1. The van der Waals surface area contributed by atoms with E-state index >= 15 is 0 Å². The molecule has 2 rings (SSSR count). The molecule has 0 radical (unpaired) electrons. The van der Waals surface area contributed by atoms with Crippen LogP contribution in [0.3, 0.4) is 0 Å². The summed E-state index contributed by atoms with van der Waals surface area (Å²) in [5, 5.41) is 8.74. The molecule has 1 heterocycles. The van der Waals surface area contributed by atoms with Crippen LogP contribution in [0.2, 0.25) is 0 Å². The van der Waals surface area contributed by atoms with Crippen molar-refractivity contribution in [3.63, 3.8) is 0 Å². The Morgan fingerprint density at radius 2 is 2.38 bits per heavy atom. The summed E-state index contributed by atoms with van der Waals surface area (Å²) in [6.07, 6.45) is 4.47. The predicted octanol–water partition coefficient (Wildman–Crippen LogP) is 2.93. The van der Waals surface area contributed by atoms with Gasteiger partial charge in [0.1, 0.15) is 5.82 Å². The molecule has 1 aliphatic rings. The fourth-order valence-electron chi connectivity index (χ4n) is 2.67. The van der Waals surface area contributed by atoms with Crippen molar-refractivity contribution >= 4 is 17.7 Å². The number of aliphatic carboxylic acids is 1. The van der Waals surface area contributed by atoms with E-state index in [1.165, 1.54) is 12.1 Å². The van der Waals surface area contributed by atoms with E-state index in [0.29, 0.717) is 24.4 Å². The zero-order valence-electron chi connectivity index (χ0n) is 12.1. The summed E-state index contributed by atoms with van der Waals surface area (Å²) < 4.78 is 19.8. The minimum absolute atomic E-state index is 0.0969. The number of piperidine rings is 1. The highest BCUT2D eigenvalue weighted by Crippen LogP contribution is 2.29. The highest BCUT2D eigenvalue weighted by molar-refractivity contribution is 5.87. The summed E-state index contributed by atoms with van der Waals surface area (Å²) in [5.41, 5.74) is 1.04. The molecule has 5 heteroatoms. The SMILES string of the molecule is CCOC1CCCN(c2c(F)cccc2/C=C/C(=O)O)C1. The largest absolute Gasteiger partial charge is 0.478 e. The van der Waals surface area contributed by atoms with Gasteiger partial charge in [0, 0.05) is 31.3 Å². The number of ether oxygens (including phenoxy) is 1. The van der Waals surface area contributed by atoms with Crippen molar-refractivity contribution in [3.8, 4) is 0 Å². The quantitative estimate of drug-likeness (QED) is 0.848. The average molecular weight is 293 g/mol. The lowest BCUT2D eigenvalue weighted by atomic mass is 10.0. The molecule has 4 nitrogen and oxygen atoms in total. The summed E-state index contributed by atoms with van der Waals surface area (Å²) in [7, 11) is 0. The molecule has 1 saturated heterocycles. The van der Waals surface area contributed by atoms with Gasteiger partial charge in [0.2, 0.25) is 0 Å². The first-order chi connectivity index (χ1) is 10.1. The van der Waals surface area contributed by atoms with Crippen molar-refractivity contribution in [2.24, 2.45) is 0 Å². The second-order valence-corrected chi connectivity index (χ2v) is 5.01. The van der Waals surface area contributed by atoms with Crippen LogP contribution in [0, 0.1) is 5.82 Å². The topological polar surface area (TPSA) is 49.8 Å². The maximum Gasteiger partial charge on any atom is 0.328 e. The van der Waals surface area contributed by atoms with Gasteiger partial charge in [-0.05, 0) is 31.9 Å². The molecule has 1 fully saturated rings. The summed E-state index contributed by atoms with van der Waals surface area (Å²) in [6, 6.07) is 4.71. The van der Waals surface area contributed by atoms with Gasteiger partial charge < -0.3 is 14.7 Å². The van der Waals surface area contributed by atoms with E-state index in [1.54, 1.807) is 12.1 Å². The van der Waals surface area contributed by atoms with Gasteiger partial charge in [0.15, 0.2) is 0 Å². The number of anilines is 1. The number of benzene rings is 1. The van der Waals surface area contributed by atoms with E-state index < -0.39 is 5.97 Å². The smallest absolute Gasteiger partial charge is 0.328 e. The molecule has 21 heavy (non-hydrogen) atoms. The number of halogens is 1. The van der Waals surface area contributed by atoms with Crippen molar-refractivity contribution in [2.75, 3.05) is 24.6 Å². The lowest BCUT2D eigenvalue weighted by Gasteiger charge is -2.35. The zero-order chi connectivity index (χ0) is 15.2. The molecule has 0 saturated carbocycles. The molecule has 1 aromatic carbocycles. The summed E-state index contributed by atoms with van der Waals surface area (Å²) in [5.74, 6) is -1.38. The Morgan fingerprint density at radius 1 is 1.57 bits per heavy atom. The van der Waals surface area contributed by atoms with Crippen LogP contribution in [0.1, 0.15) is 25.3 Å². The molecule has 0 amide bonds. The van der Waals surface area contributed by atoms with Crippen LogP contribution in [-0.4, -0.2) is 36.9 Å². The van der Waals surface area contributed by atoms with Gasteiger partial charge in [-0.1, -0.05) is 12.1 Å². The molecule has 1 atom stereocenters. The average Bonchev–Trinajstić information content (AvgIpc) is 2.45. The Bertz CT molecular complexity index is 528. The van der Waals surface area contributed by atoms with Gasteiger partial charge in [-0.2, -0.15) is 0 Å². The number of hydrogen-bond donors (Lipinski definition) is 1. The third-order valence-electron chi connectivity index (χ3n) is 3.52. The number of hydrogen-bond acceptors (Lipinski definition) is 3. The Balaban J connectivity index is 2.27. The Hall–Kier alpha value is -1.88. The van der Waals surface area contributed by atoms with Gasteiger partial charge in [-0.15, -0.1) is 0 Å². The minimum atomic E-state index is -1.05. The number of nitrogens with zero attached hydrogens (tertiary/aromatic N) is 1. The second kappa shape index (κ2) is 7.22. The van der Waals surface area contributed by atoms with E-state index in [2.05, 4.69) is 0 Å². The third-order valence-corrected chi connectivity index (χ3v) is 3.52. The van der Waals surface area contributed by atoms with Gasteiger partial charge >= 0.3 is 5.97 Å². The third kappa shape index (κ3) is 4.04. The zero-order valence-corrected chi connectivity index (χ0v) is 12.1. The number of rotatable bonds is 5. The maximum atomic E-state index is 14.2. The van der Waals surface area contributed by atoms with Crippen molar-refractivity contribution in [3.05, 3.63) is 35.7 Å². The van der Waals surface area contributed by atoms with Crippen LogP contribution < -0.4 is 4.90 Å². The van der Waals surface area contributed by atoms with Crippen molar-refractivity contribution in [1.29, 1.82) is 0 Å². The van der Waals surface area contributed by atoms with Crippen LogP contribution in [0.15, 0.2) is 24.3 Å². The maximum absolute atomic E-state index is 14.2. The molecule has 1 aromatic rings. The Kier molecular flexibility index (Phi) is 5.33. The minimum Gasteiger partial charge on any atom is -0.478 e. The summed E-state index contributed by atoms with van der Waals surface area (Å²) in [4.78, 5) is 12.6. The Labute approximate surface area is 123 Å². The van der Waals surface area contributed by atoms with Crippen molar-refractivity contribution in [1.82, 2.24) is 0 Å². The summed E-state index contributed by atoms with van der Waals surface area (Å²) >= 11 is 0. The fourth-order valence-corrected chi connectivity index (χ4v) is 2.67. The molecule has 1 N–H and O–H groups in total.